The monoisotopic (exact) mass is 429 g/mol. The Hall–Kier alpha value is -3.97. The van der Waals surface area contributed by atoms with E-state index in [1.54, 1.807) is 41.1 Å². The van der Waals surface area contributed by atoms with Crippen molar-refractivity contribution >= 4 is 11.6 Å². The van der Waals surface area contributed by atoms with Gasteiger partial charge in [0, 0.05) is 35.5 Å². The number of benzene rings is 2. The van der Waals surface area contributed by atoms with Gasteiger partial charge in [0.05, 0.1) is 6.20 Å². The van der Waals surface area contributed by atoms with Crippen LogP contribution in [-0.2, 0) is 7.05 Å². The average Bonchev–Trinajstić information content (AvgIpc) is 3.45. The molecule has 7 nitrogen and oxygen atoms in total. The van der Waals surface area contributed by atoms with Crippen molar-refractivity contribution in [3.63, 3.8) is 0 Å². The molecule has 0 N–H and O–H groups in total. The molecule has 152 valence electrons. The maximum absolute atomic E-state index is 5.92. The van der Waals surface area contributed by atoms with E-state index in [0.717, 1.165) is 16.7 Å². The van der Waals surface area contributed by atoms with Gasteiger partial charge in [-0.3, -0.25) is 4.68 Å². The maximum Gasteiger partial charge on any atom is 0.258 e. The molecule has 0 unspecified atom stereocenters. The number of hydrogen-bond donors (Lipinski definition) is 0. The van der Waals surface area contributed by atoms with Crippen LogP contribution in [0.1, 0.15) is 0 Å². The summed E-state index contributed by atoms with van der Waals surface area (Å²) in [5.41, 5.74) is 3.39. The molecular formula is C23H16ClN5O2. The maximum atomic E-state index is 5.92. The van der Waals surface area contributed by atoms with E-state index in [9.17, 15) is 0 Å². The second-order valence-electron chi connectivity index (χ2n) is 6.82. The van der Waals surface area contributed by atoms with Crippen LogP contribution < -0.4 is 4.74 Å². The topological polar surface area (TPSA) is 78.9 Å². The van der Waals surface area contributed by atoms with Crippen molar-refractivity contribution < 1.29 is 9.26 Å². The molecule has 0 saturated heterocycles. The number of pyridine rings is 1. The quantitative estimate of drug-likeness (QED) is 0.359. The van der Waals surface area contributed by atoms with Crippen LogP contribution in [0, 0.1) is 0 Å². The van der Waals surface area contributed by atoms with Gasteiger partial charge in [-0.2, -0.15) is 10.1 Å². The smallest absolute Gasteiger partial charge is 0.258 e. The summed E-state index contributed by atoms with van der Waals surface area (Å²) < 4.78 is 13.0. The number of hydrogen-bond acceptors (Lipinski definition) is 6. The highest BCUT2D eigenvalue weighted by Crippen LogP contribution is 2.28. The first kappa shape index (κ1) is 19.0. The summed E-state index contributed by atoms with van der Waals surface area (Å²) >= 11 is 5.92. The predicted molar refractivity (Wildman–Crippen MR) is 117 cm³/mol. The molecule has 0 aliphatic heterocycles. The minimum absolute atomic E-state index is 0.378. The number of halogens is 1. The number of ether oxygens (including phenoxy) is 1. The summed E-state index contributed by atoms with van der Waals surface area (Å²) in [6.45, 7) is 0. The van der Waals surface area contributed by atoms with Crippen LogP contribution in [-0.4, -0.2) is 24.9 Å². The van der Waals surface area contributed by atoms with Crippen LogP contribution in [0.3, 0.4) is 0 Å². The highest BCUT2D eigenvalue weighted by atomic mass is 35.5. The standard InChI is InChI=1S/C23H16ClN5O2/c1-29-14-17(13-25-29)15-4-2-5-16(12-15)23-27-22(28-31-23)20-6-3-7-21(26-20)30-19-10-8-18(24)9-11-19/h2-14H,1H3. The second-order valence-corrected chi connectivity index (χ2v) is 7.26. The molecule has 5 rings (SSSR count). The Balaban J connectivity index is 1.40. The van der Waals surface area contributed by atoms with Crippen molar-refractivity contribution in [1.29, 1.82) is 0 Å². The second kappa shape index (κ2) is 8.04. The molecule has 0 saturated carbocycles. The van der Waals surface area contributed by atoms with Crippen molar-refractivity contribution in [1.82, 2.24) is 24.9 Å². The highest BCUT2D eigenvalue weighted by Gasteiger charge is 2.14. The number of aryl methyl sites for hydroxylation is 1. The van der Waals surface area contributed by atoms with Gasteiger partial charge < -0.3 is 9.26 Å². The summed E-state index contributed by atoms with van der Waals surface area (Å²) in [4.78, 5) is 9.00. The van der Waals surface area contributed by atoms with Crippen molar-refractivity contribution in [3.8, 4) is 45.7 Å². The van der Waals surface area contributed by atoms with Gasteiger partial charge in [0.1, 0.15) is 11.4 Å². The van der Waals surface area contributed by atoms with Gasteiger partial charge >= 0.3 is 0 Å². The van der Waals surface area contributed by atoms with Crippen LogP contribution >= 0.6 is 11.6 Å². The van der Waals surface area contributed by atoms with Crippen molar-refractivity contribution in [3.05, 3.63) is 84.1 Å². The molecule has 0 aliphatic rings. The third kappa shape index (κ3) is 4.17. The van der Waals surface area contributed by atoms with Crippen LogP contribution in [0.15, 0.2) is 83.6 Å². The van der Waals surface area contributed by atoms with E-state index in [0.29, 0.717) is 34.1 Å². The van der Waals surface area contributed by atoms with Gasteiger partial charge in [0.15, 0.2) is 0 Å². The first-order valence-corrected chi connectivity index (χ1v) is 9.86. The third-order valence-electron chi connectivity index (χ3n) is 4.56. The van der Waals surface area contributed by atoms with E-state index in [2.05, 4.69) is 20.2 Å². The molecule has 3 aromatic heterocycles. The lowest BCUT2D eigenvalue weighted by molar-refractivity contribution is 0.431. The largest absolute Gasteiger partial charge is 0.439 e. The van der Waals surface area contributed by atoms with E-state index in [1.807, 2.05) is 49.8 Å². The molecule has 0 atom stereocenters. The molecule has 31 heavy (non-hydrogen) atoms. The van der Waals surface area contributed by atoms with Crippen molar-refractivity contribution in [2.24, 2.45) is 7.05 Å². The molecule has 8 heteroatoms. The normalized spacial score (nSPS) is 10.9. The molecule has 0 bridgehead atoms. The fourth-order valence-corrected chi connectivity index (χ4v) is 3.19. The number of aromatic nitrogens is 5. The zero-order valence-corrected chi connectivity index (χ0v) is 17.2. The molecule has 2 aromatic carbocycles. The first-order valence-electron chi connectivity index (χ1n) is 9.48. The summed E-state index contributed by atoms with van der Waals surface area (Å²) in [5, 5.41) is 8.95. The van der Waals surface area contributed by atoms with E-state index < -0.39 is 0 Å². The lowest BCUT2D eigenvalue weighted by Crippen LogP contribution is -1.91. The summed E-state index contributed by atoms with van der Waals surface area (Å²) in [6.07, 6.45) is 3.77. The minimum Gasteiger partial charge on any atom is -0.439 e. The number of nitrogens with zero attached hydrogens (tertiary/aromatic N) is 5. The Morgan fingerprint density at radius 3 is 2.52 bits per heavy atom. The lowest BCUT2D eigenvalue weighted by Gasteiger charge is -2.05. The van der Waals surface area contributed by atoms with Gasteiger partial charge in [-0.05, 0) is 48.0 Å². The molecule has 0 radical (unpaired) electrons. The molecule has 5 aromatic rings. The zero-order valence-electron chi connectivity index (χ0n) is 16.4. The summed E-state index contributed by atoms with van der Waals surface area (Å²) in [5.74, 6) is 1.84. The SMILES string of the molecule is Cn1cc(-c2cccc(-c3nc(-c4cccc(Oc5ccc(Cl)cc5)n4)no3)c2)cn1. The van der Waals surface area contributed by atoms with Gasteiger partial charge in [-0.1, -0.05) is 35.0 Å². The highest BCUT2D eigenvalue weighted by molar-refractivity contribution is 6.30. The Morgan fingerprint density at radius 1 is 0.903 bits per heavy atom. The first-order chi connectivity index (χ1) is 15.1. The van der Waals surface area contributed by atoms with E-state index in [1.165, 1.54) is 0 Å². The van der Waals surface area contributed by atoms with E-state index in [-0.39, 0.29) is 0 Å². The van der Waals surface area contributed by atoms with Crippen molar-refractivity contribution in [2.75, 3.05) is 0 Å². The van der Waals surface area contributed by atoms with Crippen molar-refractivity contribution in [2.45, 2.75) is 0 Å². The molecular weight excluding hydrogens is 414 g/mol. The minimum atomic E-state index is 0.378. The molecule has 3 heterocycles. The Labute approximate surface area is 182 Å². The van der Waals surface area contributed by atoms with Crippen LogP contribution in [0.4, 0.5) is 0 Å². The van der Waals surface area contributed by atoms with Gasteiger partial charge in [0.25, 0.3) is 5.89 Å². The molecule has 0 aliphatic carbocycles. The van der Waals surface area contributed by atoms with Gasteiger partial charge in [0.2, 0.25) is 11.7 Å². The van der Waals surface area contributed by atoms with Gasteiger partial charge in [-0.15, -0.1) is 0 Å². The van der Waals surface area contributed by atoms with E-state index >= 15 is 0 Å². The molecule has 0 amide bonds. The molecule has 0 fully saturated rings. The lowest BCUT2D eigenvalue weighted by atomic mass is 10.1. The van der Waals surface area contributed by atoms with Gasteiger partial charge in [-0.25, -0.2) is 4.98 Å². The zero-order chi connectivity index (χ0) is 21.2. The summed E-state index contributed by atoms with van der Waals surface area (Å²) in [7, 11) is 1.88. The Morgan fingerprint density at radius 2 is 1.71 bits per heavy atom. The molecule has 0 spiro atoms. The number of rotatable bonds is 5. The van der Waals surface area contributed by atoms with Crippen LogP contribution in [0.25, 0.3) is 34.1 Å². The van der Waals surface area contributed by atoms with E-state index in [4.69, 9.17) is 20.9 Å². The fraction of sp³-hybridized carbons (Fsp3) is 0.0435. The Kier molecular flexibility index (Phi) is 4.93. The van der Waals surface area contributed by atoms with Crippen LogP contribution in [0.5, 0.6) is 11.6 Å². The average molecular weight is 430 g/mol. The summed E-state index contributed by atoms with van der Waals surface area (Å²) in [6, 6.07) is 20.3. The fourth-order valence-electron chi connectivity index (χ4n) is 3.07. The predicted octanol–water partition coefficient (Wildman–Crippen LogP) is 5.64. The third-order valence-corrected chi connectivity index (χ3v) is 4.81. The van der Waals surface area contributed by atoms with Crippen LogP contribution in [0.2, 0.25) is 5.02 Å². The Bertz CT molecular complexity index is 1340.